The molecule has 0 aromatic heterocycles. The van der Waals surface area contributed by atoms with Gasteiger partial charge in [0.1, 0.15) is 6.10 Å². The third-order valence-corrected chi connectivity index (χ3v) is 7.68. The summed E-state index contributed by atoms with van der Waals surface area (Å²) in [7, 11) is 1.41. The molecule has 1 aliphatic carbocycles. The summed E-state index contributed by atoms with van der Waals surface area (Å²) in [5, 5.41) is 0. The molecule has 1 fully saturated rings. The number of amides is 1. The summed E-state index contributed by atoms with van der Waals surface area (Å²) in [6.07, 6.45) is 2.91. The summed E-state index contributed by atoms with van der Waals surface area (Å²) in [6.45, 7) is 9.00. The Morgan fingerprint density at radius 3 is 2.39 bits per heavy atom. The second kappa shape index (κ2) is 11.0. The molecule has 0 radical (unpaired) electrons. The lowest BCUT2D eigenvalue weighted by Crippen LogP contribution is -2.46. The van der Waals surface area contributed by atoms with Crippen molar-refractivity contribution < 1.29 is 23.8 Å². The first-order chi connectivity index (χ1) is 17.2. The van der Waals surface area contributed by atoms with Crippen molar-refractivity contribution >= 4 is 12.1 Å². The maximum Gasteiger partial charge on any atom is 0.410 e. The van der Waals surface area contributed by atoms with Gasteiger partial charge in [0, 0.05) is 5.54 Å². The van der Waals surface area contributed by atoms with Gasteiger partial charge in [0.15, 0.2) is 0 Å². The number of cyclic esters (lactones) is 1. The lowest BCUT2D eigenvalue weighted by atomic mass is 9.87. The average Bonchev–Trinajstić information content (AvgIpc) is 3.44. The molecule has 6 heteroatoms. The molecule has 3 atom stereocenters. The second-order valence-electron chi connectivity index (χ2n) is 11.0. The van der Waals surface area contributed by atoms with Crippen LogP contribution in [0, 0.1) is 11.8 Å². The van der Waals surface area contributed by atoms with E-state index in [0.717, 1.165) is 30.4 Å². The van der Waals surface area contributed by atoms with E-state index in [1.807, 2.05) is 43.0 Å². The van der Waals surface area contributed by atoms with Gasteiger partial charge in [0.05, 0.1) is 32.3 Å². The zero-order valence-electron chi connectivity index (χ0n) is 22.2. The van der Waals surface area contributed by atoms with Gasteiger partial charge in [-0.3, -0.25) is 9.69 Å². The second-order valence-corrected chi connectivity index (χ2v) is 11.0. The quantitative estimate of drug-likeness (QED) is 0.408. The molecular weight excluding hydrogens is 454 g/mol. The first kappa shape index (κ1) is 26.2. The van der Waals surface area contributed by atoms with Crippen LogP contribution in [0.1, 0.15) is 62.5 Å². The molecule has 1 saturated heterocycles. The Morgan fingerprint density at radius 2 is 1.72 bits per heavy atom. The minimum Gasteiger partial charge on any atom is -0.469 e. The molecule has 2 aromatic carbocycles. The van der Waals surface area contributed by atoms with Crippen LogP contribution >= 0.6 is 0 Å². The van der Waals surface area contributed by atoms with Crippen molar-refractivity contribution in [1.82, 2.24) is 4.90 Å². The SMILES string of the molecule is COC(=O)C(C)Cc1ccccc1[C@@H](C)OCC1CN(C(C)(C)CC2Cc3ccccc3C2)C(=O)O1. The van der Waals surface area contributed by atoms with Crippen molar-refractivity contribution in [2.75, 3.05) is 20.3 Å². The van der Waals surface area contributed by atoms with Gasteiger partial charge in [0.2, 0.25) is 0 Å². The summed E-state index contributed by atoms with van der Waals surface area (Å²) in [5.41, 5.74) is 4.68. The van der Waals surface area contributed by atoms with Crippen LogP contribution in [0.15, 0.2) is 48.5 Å². The maximum absolute atomic E-state index is 12.8. The number of fused-ring (bicyclic) bond motifs is 1. The first-order valence-electron chi connectivity index (χ1n) is 13.0. The molecule has 1 amide bonds. The highest BCUT2D eigenvalue weighted by atomic mass is 16.6. The highest BCUT2D eigenvalue weighted by molar-refractivity contribution is 5.72. The Hall–Kier alpha value is -2.86. The molecule has 1 aliphatic heterocycles. The molecule has 4 rings (SSSR count). The van der Waals surface area contributed by atoms with Gasteiger partial charge in [-0.15, -0.1) is 0 Å². The van der Waals surface area contributed by atoms with E-state index in [1.54, 1.807) is 0 Å². The third-order valence-electron chi connectivity index (χ3n) is 7.68. The van der Waals surface area contributed by atoms with Gasteiger partial charge in [0.25, 0.3) is 0 Å². The minimum atomic E-state index is -0.304. The monoisotopic (exact) mass is 493 g/mol. The van der Waals surface area contributed by atoms with E-state index < -0.39 is 0 Å². The van der Waals surface area contributed by atoms with E-state index in [-0.39, 0.29) is 35.7 Å². The lowest BCUT2D eigenvalue weighted by Gasteiger charge is -2.35. The van der Waals surface area contributed by atoms with Crippen molar-refractivity contribution in [3.8, 4) is 0 Å². The predicted molar refractivity (Wildman–Crippen MR) is 139 cm³/mol. The first-order valence-corrected chi connectivity index (χ1v) is 13.0. The fourth-order valence-corrected chi connectivity index (χ4v) is 5.79. The third kappa shape index (κ3) is 5.92. The fraction of sp³-hybridized carbons (Fsp3) is 0.533. The highest BCUT2D eigenvalue weighted by Crippen LogP contribution is 2.36. The molecule has 2 unspecified atom stereocenters. The van der Waals surface area contributed by atoms with Crippen molar-refractivity contribution in [3.63, 3.8) is 0 Å². The van der Waals surface area contributed by atoms with Crippen molar-refractivity contribution in [3.05, 3.63) is 70.8 Å². The Kier molecular flexibility index (Phi) is 8.04. The van der Waals surface area contributed by atoms with Gasteiger partial charge in [-0.2, -0.15) is 0 Å². The van der Waals surface area contributed by atoms with Gasteiger partial charge in [-0.05, 0) is 74.6 Å². The van der Waals surface area contributed by atoms with E-state index in [0.29, 0.717) is 25.5 Å². The van der Waals surface area contributed by atoms with Crippen LogP contribution in [0.2, 0.25) is 0 Å². The molecule has 1 heterocycles. The van der Waals surface area contributed by atoms with Crippen LogP contribution in [0.4, 0.5) is 4.79 Å². The van der Waals surface area contributed by atoms with Crippen molar-refractivity contribution in [2.45, 2.75) is 71.1 Å². The lowest BCUT2D eigenvalue weighted by molar-refractivity contribution is -0.144. The summed E-state index contributed by atoms with van der Waals surface area (Å²) in [6, 6.07) is 16.6. The van der Waals surface area contributed by atoms with Crippen molar-refractivity contribution in [1.29, 1.82) is 0 Å². The summed E-state index contributed by atoms with van der Waals surface area (Å²) in [4.78, 5) is 26.6. The number of benzene rings is 2. The molecule has 2 aromatic rings. The fourth-order valence-electron chi connectivity index (χ4n) is 5.79. The maximum atomic E-state index is 12.8. The Labute approximate surface area is 214 Å². The minimum absolute atomic E-state index is 0.191. The van der Waals surface area contributed by atoms with Crippen LogP contribution in [0.5, 0.6) is 0 Å². The Bertz CT molecular complexity index is 1060. The van der Waals surface area contributed by atoms with Crippen LogP contribution in [-0.2, 0) is 38.3 Å². The van der Waals surface area contributed by atoms with Crippen LogP contribution in [0.25, 0.3) is 0 Å². The normalized spacial score (nSPS) is 19.6. The number of carbonyl (C=O) groups is 2. The van der Waals surface area contributed by atoms with Gasteiger partial charge < -0.3 is 14.2 Å². The zero-order valence-corrected chi connectivity index (χ0v) is 22.2. The Balaban J connectivity index is 1.32. The molecule has 0 saturated carbocycles. The standard InChI is InChI=1S/C30H39NO5/c1-20(28(32)34-5)14-25-12-8-9-13-27(25)21(2)35-19-26-18-31(29(33)36-26)30(3,4)17-22-15-23-10-6-7-11-24(23)16-22/h6-13,20-22,26H,14-19H2,1-5H3/t20?,21-,26?/m1/s1. The molecule has 0 N–H and O–H groups in total. The van der Waals surface area contributed by atoms with E-state index in [4.69, 9.17) is 14.2 Å². The molecule has 0 bridgehead atoms. The van der Waals surface area contributed by atoms with Crippen LogP contribution in [-0.4, -0.2) is 48.9 Å². The van der Waals surface area contributed by atoms with E-state index >= 15 is 0 Å². The Morgan fingerprint density at radius 1 is 1.08 bits per heavy atom. The van der Waals surface area contributed by atoms with E-state index in [2.05, 4.69) is 38.1 Å². The number of hydrogen-bond acceptors (Lipinski definition) is 5. The number of esters is 1. The molecule has 0 spiro atoms. The number of methoxy groups -OCH3 is 1. The number of rotatable bonds is 10. The zero-order chi connectivity index (χ0) is 25.9. The summed E-state index contributed by atoms with van der Waals surface area (Å²) >= 11 is 0. The summed E-state index contributed by atoms with van der Waals surface area (Å²) < 4.78 is 16.8. The van der Waals surface area contributed by atoms with E-state index in [9.17, 15) is 9.59 Å². The van der Waals surface area contributed by atoms with Crippen molar-refractivity contribution in [2.24, 2.45) is 11.8 Å². The number of ether oxygens (including phenoxy) is 3. The molecule has 194 valence electrons. The number of carbonyl (C=O) groups excluding carboxylic acids is 2. The van der Waals surface area contributed by atoms with E-state index in [1.165, 1.54) is 18.2 Å². The molecule has 2 aliphatic rings. The van der Waals surface area contributed by atoms with Gasteiger partial charge in [-0.1, -0.05) is 55.5 Å². The van der Waals surface area contributed by atoms with Crippen LogP contribution in [0.3, 0.4) is 0 Å². The smallest absolute Gasteiger partial charge is 0.410 e. The van der Waals surface area contributed by atoms with Crippen LogP contribution < -0.4 is 0 Å². The molecule has 36 heavy (non-hydrogen) atoms. The number of nitrogens with zero attached hydrogens (tertiary/aromatic N) is 1. The molecule has 6 nitrogen and oxygen atoms in total. The predicted octanol–water partition coefficient (Wildman–Crippen LogP) is 5.52. The topological polar surface area (TPSA) is 65.1 Å². The highest BCUT2D eigenvalue weighted by Gasteiger charge is 2.42. The average molecular weight is 494 g/mol. The largest absolute Gasteiger partial charge is 0.469 e. The summed E-state index contributed by atoms with van der Waals surface area (Å²) in [5.74, 6) is 0.0763. The molecular formula is C30H39NO5. The van der Waals surface area contributed by atoms with Gasteiger partial charge >= 0.3 is 12.1 Å². The number of hydrogen-bond donors (Lipinski definition) is 0. The van der Waals surface area contributed by atoms with Gasteiger partial charge in [-0.25, -0.2) is 4.79 Å².